The van der Waals surface area contributed by atoms with E-state index in [4.69, 9.17) is 0 Å². The van der Waals surface area contributed by atoms with E-state index in [-0.39, 0.29) is 0 Å². The summed E-state index contributed by atoms with van der Waals surface area (Å²) in [6, 6.07) is 0. The fourth-order valence-corrected chi connectivity index (χ4v) is 0.588. The summed E-state index contributed by atoms with van der Waals surface area (Å²) in [7, 11) is 0. The van der Waals surface area contributed by atoms with Crippen LogP contribution in [0.5, 0.6) is 0 Å². The third-order valence-electron chi connectivity index (χ3n) is 1.15. The normalized spacial score (nSPS) is 9.44. The van der Waals surface area contributed by atoms with E-state index in [0.717, 1.165) is 19.4 Å². The molecule has 0 aromatic heterocycles. The highest BCUT2D eigenvalue weighted by Crippen LogP contribution is 1.81. The van der Waals surface area contributed by atoms with Gasteiger partial charge in [0.1, 0.15) is 6.29 Å². The maximum Gasteiger partial charge on any atom is 0.121 e. The predicted molar refractivity (Wildman–Crippen MR) is 38.5 cm³/mol. The zero-order valence-corrected chi connectivity index (χ0v) is 6.02. The highest BCUT2D eigenvalue weighted by molar-refractivity contribution is 5.49. The molecule has 0 aromatic carbocycles. The molecule has 0 atom stereocenters. The lowest BCUT2D eigenvalue weighted by Gasteiger charge is -1.97. The van der Waals surface area contributed by atoms with Crippen LogP contribution >= 0.6 is 0 Å². The van der Waals surface area contributed by atoms with Gasteiger partial charge in [-0.15, -0.1) is 0 Å². The molecule has 0 amide bonds. The molecular weight excluding hydrogens is 114 g/mol. The molecule has 0 saturated heterocycles. The van der Waals surface area contributed by atoms with Gasteiger partial charge in [-0.3, -0.25) is 0 Å². The molecule has 0 spiro atoms. The van der Waals surface area contributed by atoms with Crippen LogP contribution in [0.2, 0.25) is 0 Å². The van der Waals surface area contributed by atoms with Crippen LogP contribution in [0.15, 0.2) is 0 Å². The molecule has 2 heteroatoms. The van der Waals surface area contributed by atoms with Crippen LogP contribution in [0.1, 0.15) is 26.2 Å². The summed E-state index contributed by atoms with van der Waals surface area (Å²) in [6.45, 7) is 4.04. The van der Waals surface area contributed by atoms with Crippen LogP contribution < -0.4 is 5.32 Å². The van der Waals surface area contributed by atoms with E-state index in [1.165, 1.54) is 12.8 Å². The van der Waals surface area contributed by atoms with E-state index >= 15 is 0 Å². The quantitative estimate of drug-likeness (QED) is 0.427. The highest BCUT2D eigenvalue weighted by Gasteiger charge is 1.83. The molecular formula is C7H15NO. The number of carbonyl (C=O) groups excluding carboxylic acids is 1. The van der Waals surface area contributed by atoms with E-state index in [9.17, 15) is 4.79 Å². The van der Waals surface area contributed by atoms with E-state index in [0.29, 0.717) is 6.42 Å². The Morgan fingerprint density at radius 1 is 1.44 bits per heavy atom. The van der Waals surface area contributed by atoms with Crippen molar-refractivity contribution in [2.45, 2.75) is 26.2 Å². The van der Waals surface area contributed by atoms with E-state index in [1.54, 1.807) is 0 Å². The van der Waals surface area contributed by atoms with Crippen molar-refractivity contribution in [1.29, 1.82) is 0 Å². The average molecular weight is 129 g/mol. The number of unbranched alkanes of at least 4 members (excludes halogenated alkanes) is 1. The minimum absolute atomic E-state index is 0.643. The summed E-state index contributed by atoms with van der Waals surface area (Å²) in [4.78, 5) is 9.80. The molecule has 0 unspecified atom stereocenters. The lowest BCUT2D eigenvalue weighted by atomic mass is 10.3. The SMILES string of the molecule is CCCCNCCC=O. The van der Waals surface area contributed by atoms with Crippen LogP contribution in [0.4, 0.5) is 0 Å². The summed E-state index contributed by atoms with van der Waals surface area (Å²) in [5.41, 5.74) is 0. The van der Waals surface area contributed by atoms with Crippen molar-refractivity contribution in [2.75, 3.05) is 13.1 Å². The van der Waals surface area contributed by atoms with Crippen molar-refractivity contribution in [3.8, 4) is 0 Å². The van der Waals surface area contributed by atoms with Gasteiger partial charge < -0.3 is 10.1 Å². The van der Waals surface area contributed by atoms with Gasteiger partial charge in [-0.2, -0.15) is 0 Å². The van der Waals surface area contributed by atoms with Crippen molar-refractivity contribution < 1.29 is 4.79 Å². The molecule has 0 aliphatic carbocycles. The Kier molecular flexibility index (Phi) is 7.32. The van der Waals surface area contributed by atoms with Gasteiger partial charge in [-0.1, -0.05) is 13.3 Å². The van der Waals surface area contributed by atoms with Gasteiger partial charge in [0.2, 0.25) is 0 Å². The zero-order chi connectivity index (χ0) is 6.95. The first-order valence-corrected chi connectivity index (χ1v) is 3.56. The monoisotopic (exact) mass is 129 g/mol. The maximum atomic E-state index is 9.80. The van der Waals surface area contributed by atoms with Crippen LogP contribution in [0.25, 0.3) is 0 Å². The molecule has 0 aliphatic heterocycles. The molecule has 0 radical (unpaired) electrons. The molecule has 0 aromatic rings. The first-order chi connectivity index (χ1) is 4.41. The van der Waals surface area contributed by atoms with E-state index in [1.807, 2.05) is 0 Å². The van der Waals surface area contributed by atoms with Gasteiger partial charge in [0, 0.05) is 13.0 Å². The molecule has 54 valence electrons. The Morgan fingerprint density at radius 2 is 2.22 bits per heavy atom. The Labute approximate surface area is 56.6 Å². The summed E-state index contributed by atoms with van der Waals surface area (Å²) in [5, 5.41) is 3.16. The summed E-state index contributed by atoms with van der Waals surface area (Å²) in [5.74, 6) is 0. The third-order valence-corrected chi connectivity index (χ3v) is 1.15. The second-order valence-corrected chi connectivity index (χ2v) is 2.06. The standard InChI is InChI=1S/C7H15NO/c1-2-3-5-8-6-4-7-9/h7-8H,2-6H2,1H3. The zero-order valence-electron chi connectivity index (χ0n) is 6.02. The minimum Gasteiger partial charge on any atom is -0.316 e. The molecule has 0 heterocycles. The molecule has 2 nitrogen and oxygen atoms in total. The number of rotatable bonds is 6. The third kappa shape index (κ3) is 7.63. The second kappa shape index (κ2) is 7.63. The number of hydrogen-bond acceptors (Lipinski definition) is 2. The molecule has 9 heavy (non-hydrogen) atoms. The Hall–Kier alpha value is -0.370. The largest absolute Gasteiger partial charge is 0.316 e. The Morgan fingerprint density at radius 3 is 2.78 bits per heavy atom. The van der Waals surface area contributed by atoms with Crippen molar-refractivity contribution in [2.24, 2.45) is 0 Å². The number of nitrogens with one attached hydrogen (secondary N) is 1. The van der Waals surface area contributed by atoms with Crippen molar-refractivity contribution in [3.63, 3.8) is 0 Å². The average Bonchev–Trinajstić information content (AvgIpc) is 1.89. The lowest BCUT2D eigenvalue weighted by Crippen LogP contribution is -2.16. The minimum atomic E-state index is 0.643. The number of aldehydes is 1. The van der Waals surface area contributed by atoms with Crippen LogP contribution in [0.3, 0.4) is 0 Å². The van der Waals surface area contributed by atoms with Gasteiger partial charge in [0.05, 0.1) is 0 Å². The molecule has 1 N–H and O–H groups in total. The van der Waals surface area contributed by atoms with Crippen molar-refractivity contribution in [1.82, 2.24) is 5.32 Å². The summed E-state index contributed by atoms with van der Waals surface area (Å²) >= 11 is 0. The first kappa shape index (κ1) is 8.63. The Balaban J connectivity index is 2.66. The molecule has 0 saturated carbocycles. The highest BCUT2D eigenvalue weighted by atomic mass is 16.1. The van der Waals surface area contributed by atoms with Crippen molar-refractivity contribution >= 4 is 6.29 Å². The lowest BCUT2D eigenvalue weighted by molar-refractivity contribution is -0.107. The fourth-order valence-electron chi connectivity index (χ4n) is 0.588. The second-order valence-electron chi connectivity index (χ2n) is 2.06. The maximum absolute atomic E-state index is 9.80. The van der Waals surface area contributed by atoms with Crippen LogP contribution in [-0.4, -0.2) is 19.4 Å². The smallest absolute Gasteiger partial charge is 0.121 e. The fraction of sp³-hybridized carbons (Fsp3) is 0.857. The van der Waals surface area contributed by atoms with Crippen molar-refractivity contribution in [3.05, 3.63) is 0 Å². The molecule has 0 rings (SSSR count). The molecule has 0 bridgehead atoms. The number of carbonyl (C=O) groups is 1. The summed E-state index contributed by atoms with van der Waals surface area (Å²) in [6.07, 6.45) is 4.01. The van der Waals surface area contributed by atoms with Gasteiger partial charge in [-0.05, 0) is 13.0 Å². The molecule has 0 fully saturated rings. The van der Waals surface area contributed by atoms with Crippen LogP contribution in [0, 0.1) is 0 Å². The van der Waals surface area contributed by atoms with Gasteiger partial charge in [-0.25, -0.2) is 0 Å². The van der Waals surface area contributed by atoms with E-state index in [2.05, 4.69) is 12.2 Å². The van der Waals surface area contributed by atoms with Gasteiger partial charge in [0.15, 0.2) is 0 Å². The van der Waals surface area contributed by atoms with Crippen LogP contribution in [-0.2, 0) is 4.79 Å². The number of hydrogen-bond donors (Lipinski definition) is 1. The predicted octanol–water partition coefficient (Wildman–Crippen LogP) is 0.965. The van der Waals surface area contributed by atoms with Gasteiger partial charge >= 0.3 is 0 Å². The first-order valence-electron chi connectivity index (χ1n) is 3.56. The molecule has 0 aliphatic rings. The van der Waals surface area contributed by atoms with Gasteiger partial charge in [0.25, 0.3) is 0 Å². The Bertz CT molecular complexity index is 63.9. The summed E-state index contributed by atoms with van der Waals surface area (Å²) < 4.78 is 0. The topological polar surface area (TPSA) is 29.1 Å². The van der Waals surface area contributed by atoms with E-state index < -0.39 is 0 Å².